The van der Waals surface area contributed by atoms with Crippen LogP contribution in [0.3, 0.4) is 0 Å². The molecule has 0 saturated heterocycles. The van der Waals surface area contributed by atoms with Crippen molar-refractivity contribution in [3.63, 3.8) is 0 Å². The van der Waals surface area contributed by atoms with Crippen molar-refractivity contribution in [2.75, 3.05) is 0 Å². The Bertz CT molecular complexity index is 1200. The Hall–Kier alpha value is -3.46. The second-order valence-electron chi connectivity index (χ2n) is 7.33. The lowest BCUT2D eigenvalue weighted by Gasteiger charge is -2.15. The Morgan fingerprint density at radius 2 is 1.97 bits per heavy atom. The third kappa shape index (κ3) is 6.07. The van der Waals surface area contributed by atoms with Crippen LogP contribution in [0.4, 0.5) is 13.2 Å². The molecule has 0 aliphatic carbocycles. The second-order valence-corrected chi connectivity index (χ2v) is 8.25. The molecule has 1 amide bonds. The van der Waals surface area contributed by atoms with Crippen LogP contribution < -0.4 is 10.1 Å². The summed E-state index contributed by atoms with van der Waals surface area (Å²) in [6.07, 6.45) is -3.50. The predicted octanol–water partition coefficient (Wildman–Crippen LogP) is 4.81. The molecule has 0 aliphatic rings. The normalized spacial score (nSPS) is 12.3. The van der Waals surface area contributed by atoms with Gasteiger partial charge in [-0.2, -0.15) is 9.94 Å². The highest BCUT2D eigenvalue weighted by Crippen LogP contribution is 2.28. The Kier molecular flexibility index (Phi) is 7.02. The number of rotatable bonds is 6. The number of nitriles is 1. The molecular weight excluding hydrogens is 505 g/mol. The molecular formula is C21H18BrF3N6O2. The quantitative estimate of drug-likeness (QED) is 0.497. The molecule has 8 nitrogen and oxygen atoms in total. The molecule has 0 aliphatic heterocycles. The van der Waals surface area contributed by atoms with E-state index in [1.165, 1.54) is 16.9 Å². The number of alkyl halides is 3. The van der Waals surface area contributed by atoms with Crippen molar-refractivity contribution in [2.45, 2.75) is 39.1 Å². The van der Waals surface area contributed by atoms with Crippen LogP contribution in [-0.4, -0.2) is 32.0 Å². The molecule has 33 heavy (non-hydrogen) atoms. The van der Waals surface area contributed by atoms with Crippen LogP contribution >= 0.6 is 15.9 Å². The van der Waals surface area contributed by atoms with Gasteiger partial charge in [-0.1, -0.05) is 29.8 Å². The number of hydrogen-bond donors (Lipinski definition) is 1. The smallest absolute Gasteiger partial charge is 0.406 e. The number of nitrogens with zero attached hydrogens (tertiary/aromatic N) is 5. The van der Waals surface area contributed by atoms with Gasteiger partial charge in [0.2, 0.25) is 0 Å². The van der Waals surface area contributed by atoms with Crippen LogP contribution in [0.25, 0.3) is 5.82 Å². The molecule has 1 N–H and O–H groups in total. The molecule has 0 spiro atoms. The van der Waals surface area contributed by atoms with Crippen molar-refractivity contribution < 1.29 is 22.7 Å². The van der Waals surface area contributed by atoms with Crippen molar-refractivity contribution in [3.8, 4) is 17.6 Å². The first kappa shape index (κ1) is 24.2. The van der Waals surface area contributed by atoms with Crippen molar-refractivity contribution >= 4 is 21.8 Å². The van der Waals surface area contributed by atoms with E-state index >= 15 is 0 Å². The van der Waals surface area contributed by atoms with Crippen LogP contribution in [-0.2, 0) is 0 Å². The number of ether oxygens (including phenoxy) is 1. The zero-order valence-corrected chi connectivity index (χ0v) is 19.3. The first-order valence-corrected chi connectivity index (χ1v) is 10.5. The van der Waals surface area contributed by atoms with Gasteiger partial charge in [0.15, 0.2) is 17.5 Å². The lowest BCUT2D eigenvalue weighted by atomic mass is 10.2. The van der Waals surface area contributed by atoms with Gasteiger partial charge in [-0.05, 0) is 37.3 Å². The maximum absolute atomic E-state index is 12.8. The Balaban J connectivity index is 1.90. The average Bonchev–Trinajstić information content (AvgIpc) is 3.18. The average molecular weight is 523 g/mol. The van der Waals surface area contributed by atoms with Crippen molar-refractivity contribution in [1.82, 2.24) is 25.1 Å². The number of halogens is 4. The standard InChI is InChI=1S/C21H18BrF3N6O2/c1-11(2)18-29-19(31(30-18)17-5-4-13(9-26)10-27-17)12(3)28-20(32)14-6-15(22)8-16(7-14)33-21(23,24)25/h4-8,10-12H,1-3H3,(H,28,32)/t12-/m0/s1. The van der Waals surface area contributed by atoms with Gasteiger partial charge in [-0.15, -0.1) is 18.3 Å². The Morgan fingerprint density at radius 3 is 2.55 bits per heavy atom. The molecule has 172 valence electrons. The van der Waals surface area contributed by atoms with Gasteiger partial charge < -0.3 is 10.1 Å². The molecule has 0 radical (unpaired) electrons. The molecule has 1 atom stereocenters. The zero-order chi connectivity index (χ0) is 24.3. The van der Waals surface area contributed by atoms with E-state index in [9.17, 15) is 18.0 Å². The van der Waals surface area contributed by atoms with E-state index < -0.39 is 24.1 Å². The van der Waals surface area contributed by atoms with E-state index in [0.29, 0.717) is 23.0 Å². The molecule has 0 saturated carbocycles. The van der Waals surface area contributed by atoms with E-state index in [1.54, 1.807) is 19.1 Å². The number of benzene rings is 1. The fourth-order valence-electron chi connectivity index (χ4n) is 2.84. The SMILES string of the molecule is CC(C)c1nc([C@H](C)NC(=O)c2cc(Br)cc(OC(F)(F)F)c2)n(-c2ccc(C#N)cn2)n1. The van der Waals surface area contributed by atoms with Gasteiger partial charge >= 0.3 is 6.36 Å². The summed E-state index contributed by atoms with van der Waals surface area (Å²) in [4.78, 5) is 21.5. The van der Waals surface area contributed by atoms with Gasteiger partial charge in [0, 0.05) is 22.2 Å². The third-order valence-corrected chi connectivity index (χ3v) is 4.82. The Labute approximate surface area is 195 Å². The maximum atomic E-state index is 12.8. The van der Waals surface area contributed by atoms with Crippen LogP contribution in [0, 0.1) is 11.3 Å². The maximum Gasteiger partial charge on any atom is 0.573 e. The summed E-state index contributed by atoms with van der Waals surface area (Å²) >= 11 is 3.09. The summed E-state index contributed by atoms with van der Waals surface area (Å²) in [7, 11) is 0. The summed E-state index contributed by atoms with van der Waals surface area (Å²) in [5, 5.41) is 16.2. The number of nitrogens with one attached hydrogen (secondary N) is 1. The van der Waals surface area contributed by atoms with E-state index in [1.807, 2.05) is 19.9 Å². The summed E-state index contributed by atoms with van der Waals surface area (Å²) in [6, 6.07) is 7.96. The van der Waals surface area contributed by atoms with E-state index in [0.717, 1.165) is 12.1 Å². The van der Waals surface area contributed by atoms with Gasteiger partial charge in [-0.3, -0.25) is 4.79 Å². The fourth-order valence-corrected chi connectivity index (χ4v) is 3.31. The van der Waals surface area contributed by atoms with Crippen molar-refractivity contribution in [3.05, 3.63) is 63.8 Å². The zero-order valence-electron chi connectivity index (χ0n) is 17.7. The molecule has 0 unspecified atom stereocenters. The van der Waals surface area contributed by atoms with Crippen LogP contribution in [0.5, 0.6) is 5.75 Å². The van der Waals surface area contributed by atoms with E-state index in [-0.39, 0.29) is 16.0 Å². The first-order valence-electron chi connectivity index (χ1n) is 9.67. The minimum absolute atomic E-state index is 0.0153. The van der Waals surface area contributed by atoms with Crippen LogP contribution in [0.2, 0.25) is 0 Å². The topological polar surface area (TPSA) is 106 Å². The largest absolute Gasteiger partial charge is 0.573 e. The first-order chi connectivity index (χ1) is 15.5. The van der Waals surface area contributed by atoms with Gasteiger partial charge in [0.1, 0.15) is 11.8 Å². The minimum atomic E-state index is -4.89. The van der Waals surface area contributed by atoms with Gasteiger partial charge in [0.25, 0.3) is 5.91 Å². The Morgan fingerprint density at radius 1 is 1.24 bits per heavy atom. The minimum Gasteiger partial charge on any atom is -0.406 e. The summed E-state index contributed by atoms with van der Waals surface area (Å²) in [6.45, 7) is 5.47. The fraction of sp³-hybridized carbons (Fsp3) is 0.286. The predicted molar refractivity (Wildman–Crippen MR) is 115 cm³/mol. The highest BCUT2D eigenvalue weighted by Gasteiger charge is 2.31. The second kappa shape index (κ2) is 9.58. The lowest BCUT2D eigenvalue weighted by Crippen LogP contribution is -2.29. The summed E-state index contributed by atoms with van der Waals surface area (Å²) < 4.78 is 43.4. The van der Waals surface area contributed by atoms with Crippen molar-refractivity contribution in [1.29, 1.82) is 5.26 Å². The highest BCUT2D eigenvalue weighted by molar-refractivity contribution is 9.10. The van der Waals surface area contributed by atoms with Crippen molar-refractivity contribution in [2.24, 2.45) is 0 Å². The summed E-state index contributed by atoms with van der Waals surface area (Å²) in [5.74, 6) is 0.101. The molecule has 12 heteroatoms. The number of amides is 1. The molecule has 1 aromatic carbocycles. The molecule has 3 rings (SSSR count). The number of pyridine rings is 1. The number of hydrogen-bond acceptors (Lipinski definition) is 6. The number of carbonyl (C=O) groups is 1. The van der Waals surface area contributed by atoms with Crippen LogP contribution in [0.15, 0.2) is 41.0 Å². The third-order valence-electron chi connectivity index (χ3n) is 4.36. The van der Waals surface area contributed by atoms with Crippen LogP contribution in [0.1, 0.15) is 60.3 Å². The lowest BCUT2D eigenvalue weighted by molar-refractivity contribution is -0.274. The molecule has 0 fully saturated rings. The van der Waals surface area contributed by atoms with E-state index in [2.05, 4.69) is 41.1 Å². The number of carbonyl (C=O) groups excluding carboxylic acids is 1. The molecule has 2 heterocycles. The monoisotopic (exact) mass is 522 g/mol. The number of aromatic nitrogens is 4. The molecule has 3 aromatic rings. The molecule has 0 bridgehead atoms. The highest BCUT2D eigenvalue weighted by atomic mass is 79.9. The molecule has 2 aromatic heterocycles. The van der Waals surface area contributed by atoms with Gasteiger partial charge in [-0.25, -0.2) is 9.97 Å². The summed E-state index contributed by atoms with van der Waals surface area (Å²) in [5.41, 5.74) is 0.333. The van der Waals surface area contributed by atoms with Gasteiger partial charge in [0.05, 0.1) is 11.6 Å². The van der Waals surface area contributed by atoms with E-state index in [4.69, 9.17) is 5.26 Å².